The molecule has 0 fully saturated rings. The number of allylic oxidation sites excluding steroid dienone is 2. The summed E-state index contributed by atoms with van der Waals surface area (Å²) >= 11 is 0. The van der Waals surface area contributed by atoms with Gasteiger partial charge in [-0.25, -0.2) is 0 Å². The predicted molar refractivity (Wildman–Crippen MR) is 47.8 cm³/mol. The van der Waals surface area contributed by atoms with Crippen LogP contribution in [0.3, 0.4) is 0 Å². The lowest BCUT2D eigenvalue weighted by Crippen LogP contribution is -2.22. The Bertz CT molecular complexity index is 163. The number of hydrogen-bond donors (Lipinski definition) is 0. The molecule has 0 amide bonds. The Labute approximate surface area is 64.1 Å². The maximum atomic E-state index is 10.6. The summed E-state index contributed by atoms with van der Waals surface area (Å²) in [6.07, 6.45) is 1.76. The van der Waals surface area contributed by atoms with E-state index in [2.05, 4.69) is 19.6 Å². The summed E-state index contributed by atoms with van der Waals surface area (Å²) in [4.78, 5) is 10.6. The van der Waals surface area contributed by atoms with Crippen LogP contribution >= 0.6 is 0 Å². The third-order valence-electron chi connectivity index (χ3n) is 1.60. The second-order valence-corrected chi connectivity index (χ2v) is 8.98. The van der Waals surface area contributed by atoms with Crippen LogP contribution in [-0.2, 0) is 4.79 Å². The van der Waals surface area contributed by atoms with Crippen LogP contribution in [0.1, 0.15) is 13.8 Å². The molecule has 0 spiro atoms. The van der Waals surface area contributed by atoms with Gasteiger partial charge >= 0.3 is 0 Å². The summed E-state index contributed by atoms with van der Waals surface area (Å²) in [5, 5.41) is 1.28. The fourth-order valence-corrected chi connectivity index (χ4v) is 1.16. The first-order chi connectivity index (χ1) is 4.34. The lowest BCUT2D eigenvalue weighted by atomic mass is 10.4. The van der Waals surface area contributed by atoms with Gasteiger partial charge in [0.05, 0.1) is 8.07 Å². The number of carbonyl (C=O) groups excluding carboxylic acids is 1. The van der Waals surface area contributed by atoms with Crippen LogP contribution in [0.4, 0.5) is 0 Å². The van der Waals surface area contributed by atoms with Gasteiger partial charge in [-0.2, -0.15) is 0 Å². The molecule has 0 atom stereocenters. The van der Waals surface area contributed by atoms with Crippen molar-refractivity contribution in [2.45, 2.75) is 33.5 Å². The van der Waals surface area contributed by atoms with Crippen LogP contribution < -0.4 is 0 Å². The molecule has 58 valence electrons. The average Bonchev–Trinajstić information content (AvgIpc) is 1.60. The first-order valence-electron chi connectivity index (χ1n) is 3.53. The molecule has 0 aliphatic carbocycles. The molecule has 0 rings (SSSR count). The van der Waals surface area contributed by atoms with Crippen molar-refractivity contribution in [1.29, 1.82) is 0 Å². The molecule has 0 saturated carbocycles. The van der Waals surface area contributed by atoms with Crippen molar-refractivity contribution in [3.63, 3.8) is 0 Å². The van der Waals surface area contributed by atoms with E-state index in [0.29, 0.717) is 0 Å². The van der Waals surface area contributed by atoms with E-state index in [1.54, 1.807) is 13.0 Å². The van der Waals surface area contributed by atoms with Crippen molar-refractivity contribution in [3.8, 4) is 0 Å². The Morgan fingerprint density at radius 2 is 1.60 bits per heavy atom. The van der Waals surface area contributed by atoms with Crippen molar-refractivity contribution >= 4 is 13.9 Å². The smallest absolute Gasteiger partial charge is 0.152 e. The van der Waals surface area contributed by atoms with E-state index >= 15 is 0 Å². The quantitative estimate of drug-likeness (QED) is 0.443. The number of hydrogen-bond acceptors (Lipinski definition) is 1. The van der Waals surface area contributed by atoms with Crippen molar-refractivity contribution in [1.82, 2.24) is 0 Å². The highest BCUT2D eigenvalue weighted by Gasteiger charge is 2.15. The van der Waals surface area contributed by atoms with Crippen LogP contribution in [0.15, 0.2) is 11.3 Å². The van der Waals surface area contributed by atoms with Gasteiger partial charge in [0, 0.05) is 0 Å². The van der Waals surface area contributed by atoms with Crippen molar-refractivity contribution in [2.75, 3.05) is 0 Å². The van der Waals surface area contributed by atoms with Gasteiger partial charge in [0.25, 0.3) is 0 Å². The lowest BCUT2D eigenvalue weighted by molar-refractivity contribution is -0.112. The topological polar surface area (TPSA) is 17.1 Å². The monoisotopic (exact) mass is 156 g/mol. The van der Waals surface area contributed by atoms with Crippen LogP contribution in [-0.4, -0.2) is 13.9 Å². The second-order valence-electron chi connectivity index (χ2n) is 3.69. The molecule has 0 aromatic carbocycles. The summed E-state index contributed by atoms with van der Waals surface area (Å²) in [6, 6.07) is 0. The van der Waals surface area contributed by atoms with Gasteiger partial charge in [0.15, 0.2) is 5.78 Å². The van der Waals surface area contributed by atoms with Gasteiger partial charge in [0.1, 0.15) is 0 Å². The predicted octanol–water partition coefficient (Wildman–Crippen LogP) is 2.40. The van der Waals surface area contributed by atoms with Gasteiger partial charge in [-0.3, -0.25) is 4.79 Å². The lowest BCUT2D eigenvalue weighted by Gasteiger charge is -2.15. The molecule has 0 radical (unpaired) electrons. The van der Waals surface area contributed by atoms with E-state index < -0.39 is 8.07 Å². The van der Waals surface area contributed by atoms with Crippen LogP contribution in [0.25, 0.3) is 0 Å². The van der Waals surface area contributed by atoms with E-state index in [9.17, 15) is 4.79 Å². The zero-order valence-corrected chi connectivity index (χ0v) is 8.49. The van der Waals surface area contributed by atoms with E-state index in [1.807, 2.05) is 6.92 Å². The summed E-state index contributed by atoms with van der Waals surface area (Å²) in [7, 11) is -1.18. The molecule has 0 aliphatic rings. The van der Waals surface area contributed by atoms with Gasteiger partial charge in [-0.1, -0.05) is 24.8 Å². The average molecular weight is 156 g/mol. The molecule has 0 aromatic heterocycles. The molecule has 1 nitrogen and oxygen atoms in total. The van der Waals surface area contributed by atoms with Gasteiger partial charge in [-0.15, -0.1) is 0 Å². The Hall–Kier alpha value is -0.373. The second kappa shape index (κ2) is 3.15. The Morgan fingerprint density at radius 1 is 1.20 bits per heavy atom. The summed E-state index contributed by atoms with van der Waals surface area (Å²) in [6.45, 7) is 10.4. The first-order valence-corrected chi connectivity index (χ1v) is 7.03. The standard InChI is InChI=1S/C8H16OSi/c1-7(9)6-8(2)10(3,4)5/h6H,1-5H3/b8-6-. The van der Waals surface area contributed by atoms with Gasteiger partial charge in [0.2, 0.25) is 0 Å². The third-order valence-corrected chi connectivity index (χ3v) is 4.11. The highest BCUT2D eigenvalue weighted by Crippen LogP contribution is 2.12. The third kappa shape index (κ3) is 3.61. The molecule has 0 bridgehead atoms. The Balaban J connectivity index is 4.35. The largest absolute Gasteiger partial charge is 0.295 e. The minimum absolute atomic E-state index is 0.167. The van der Waals surface area contributed by atoms with Gasteiger partial charge < -0.3 is 0 Å². The molecule has 0 heterocycles. The molecular formula is C8H16OSi. The van der Waals surface area contributed by atoms with Crippen molar-refractivity contribution < 1.29 is 4.79 Å². The fourth-order valence-electron chi connectivity index (χ4n) is 0.521. The highest BCUT2D eigenvalue weighted by molar-refractivity contribution is 6.83. The Morgan fingerprint density at radius 3 is 1.70 bits per heavy atom. The van der Waals surface area contributed by atoms with E-state index in [1.165, 1.54) is 5.20 Å². The zero-order valence-electron chi connectivity index (χ0n) is 7.49. The number of ketones is 1. The summed E-state index contributed by atoms with van der Waals surface area (Å²) in [5.41, 5.74) is 0. The van der Waals surface area contributed by atoms with Crippen molar-refractivity contribution in [2.24, 2.45) is 0 Å². The molecule has 0 aromatic rings. The Kier molecular flexibility index (Phi) is 3.03. The van der Waals surface area contributed by atoms with E-state index in [0.717, 1.165) is 0 Å². The maximum absolute atomic E-state index is 10.6. The van der Waals surface area contributed by atoms with Gasteiger partial charge in [-0.05, 0) is 19.9 Å². The molecule has 10 heavy (non-hydrogen) atoms. The zero-order chi connectivity index (χ0) is 8.36. The van der Waals surface area contributed by atoms with E-state index in [-0.39, 0.29) is 5.78 Å². The molecular weight excluding hydrogens is 140 g/mol. The first kappa shape index (κ1) is 9.63. The number of rotatable bonds is 2. The molecule has 0 aliphatic heterocycles. The summed E-state index contributed by atoms with van der Waals surface area (Å²) < 4.78 is 0. The molecule has 0 unspecified atom stereocenters. The molecule has 0 N–H and O–H groups in total. The summed E-state index contributed by atoms with van der Waals surface area (Å²) in [5.74, 6) is 0.167. The minimum Gasteiger partial charge on any atom is -0.295 e. The van der Waals surface area contributed by atoms with Crippen molar-refractivity contribution in [3.05, 3.63) is 11.3 Å². The SMILES string of the molecule is CC(=O)/C=C(/C)[Si](C)(C)C. The van der Waals surface area contributed by atoms with Crippen LogP contribution in [0.2, 0.25) is 19.6 Å². The molecule has 2 heteroatoms. The van der Waals surface area contributed by atoms with Crippen LogP contribution in [0.5, 0.6) is 0 Å². The normalized spacial score (nSPS) is 13.5. The number of carbonyl (C=O) groups is 1. The molecule has 0 saturated heterocycles. The highest BCUT2D eigenvalue weighted by atomic mass is 28.3. The minimum atomic E-state index is -1.18. The fraction of sp³-hybridized carbons (Fsp3) is 0.625. The van der Waals surface area contributed by atoms with Crippen LogP contribution in [0, 0.1) is 0 Å². The van der Waals surface area contributed by atoms with E-state index in [4.69, 9.17) is 0 Å². The maximum Gasteiger partial charge on any atom is 0.152 e.